The molecule has 0 radical (unpaired) electrons. The van der Waals surface area contributed by atoms with Crippen molar-refractivity contribution in [3.63, 3.8) is 0 Å². The van der Waals surface area contributed by atoms with Gasteiger partial charge >= 0.3 is 0 Å². The largest absolute Gasteiger partial charge is 0.504 e. The zero-order valence-corrected chi connectivity index (χ0v) is 10.9. The summed E-state index contributed by atoms with van der Waals surface area (Å²) in [7, 11) is 3.35. The van der Waals surface area contributed by atoms with E-state index in [0.29, 0.717) is 12.3 Å². The van der Waals surface area contributed by atoms with Crippen molar-refractivity contribution in [3.05, 3.63) is 53.8 Å². The average molecular weight is 261 g/mol. The number of halogens is 1. The predicted molar refractivity (Wildman–Crippen MR) is 73.2 cm³/mol. The third-order valence-electron chi connectivity index (χ3n) is 2.96. The van der Waals surface area contributed by atoms with Gasteiger partial charge in [0.15, 0.2) is 11.5 Å². The lowest BCUT2D eigenvalue weighted by atomic mass is 10.1. The van der Waals surface area contributed by atoms with Crippen molar-refractivity contribution in [1.82, 2.24) is 0 Å². The van der Waals surface area contributed by atoms with E-state index in [1.165, 1.54) is 19.2 Å². The lowest BCUT2D eigenvalue weighted by Crippen LogP contribution is -2.16. The Hall–Kier alpha value is -2.23. The number of hydrogen-bond acceptors (Lipinski definition) is 3. The highest BCUT2D eigenvalue weighted by Crippen LogP contribution is 2.30. The number of para-hydroxylation sites is 1. The summed E-state index contributed by atoms with van der Waals surface area (Å²) in [6, 6.07) is 11.7. The van der Waals surface area contributed by atoms with Gasteiger partial charge in [0.2, 0.25) is 0 Å². The van der Waals surface area contributed by atoms with Crippen LogP contribution in [0.4, 0.5) is 10.1 Å². The van der Waals surface area contributed by atoms with E-state index in [0.717, 1.165) is 11.3 Å². The van der Waals surface area contributed by atoms with Gasteiger partial charge in [0.05, 0.1) is 7.11 Å². The summed E-state index contributed by atoms with van der Waals surface area (Å²) in [6.07, 6.45) is 0. The molecule has 0 unspecified atom stereocenters. The molecule has 0 heterocycles. The summed E-state index contributed by atoms with van der Waals surface area (Å²) < 4.78 is 18.2. The average Bonchev–Trinajstić information content (AvgIpc) is 2.41. The number of phenolic OH excluding ortho intramolecular Hbond substituents is 1. The van der Waals surface area contributed by atoms with Crippen LogP contribution in [-0.2, 0) is 6.54 Å². The maximum atomic E-state index is 13.2. The summed E-state index contributed by atoms with van der Waals surface area (Å²) in [6.45, 7) is 0.465. The zero-order valence-electron chi connectivity index (χ0n) is 10.9. The van der Waals surface area contributed by atoms with Crippen LogP contribution in [0.15, 0.2) is 42.5 Å². The van der Waals surface area contributed by atoms with Gasteiger partial charge in [-0.2, -0.15) is 0 Å². The Bertz CT molecular complexity index is 572. The quantitative estimate of drug-likeness (QED) is 0.917. The summed E-state index contributed by atoms with van der Waals surface area (Å²) in [5.41, 5.74) is 1.48. The van der Waals surface area contributed by atoms with Crippen LogP contribution in [0.3, 0.4) is 0 Å². The number of benzene rings is 2. The van der Waals surface area contributed by atoms with E-state index < -0.39 is 0 Å². The lowest BCUT2D eigenvalue weighted by Gasteiger charge is -2.20. The number of methoxy groups -OCH3 is 1. The smallest absolute Gasteiger partial charge is 0.162 e. The van der Waals surface area contributed by atoms with Gasteiger partial charge in [-0.3, -0.25) is 0 Å². The van der Waals surface area contributed by atoms with Gasteiger partial charge < -0.3 is 14.7 Å². The molecule has 0 aliphatic carbocycles. The highest BCUT2D eigenvalue weighted by atomic mass is 19.1. The SMILES string of the molecule is COc1cccc(CN(C)c2cccc(F)c2)c1O. The molecule has 0 fully saturated rings. The Morgan fingerprint density at radius 3 is 2.63 bits per heavy atom. The van der Waals surface area contributed by atoms with E-state index in [-0.39, 0.29) is 11.6 Å². The number of aromatic hydroxyl groups is 1. The van der Waals surface area contributed by atoms with E-state index in [1.807, 2.05) is 30.1 Å². The first kappa shape index (κ1) is 13.2. The molecule has 1 N–H and O–H groups in total. The minimum Gasteiger partial charge on any atom is -0.504 e. The van der Waals surface area contributed by atoms with E-state index >= 15 is 0 Å². The van der Waals surface area contributed by atoms with Crippen LogP contribution < -0.4 is 9.64 Å². The van der Waals surface area contributed by atoms with Crippen LogP contribution in [0.5, 0.6) is 11.5 Å². The fourth-order valence-electron chi connectivity index (χ4n) is 1.92. The van der Waals surface area contributed by atoms with Gasteiger partial charge in [0, 0.05) is 24.8 Å². The van der Waals surface area contributed by atoms with E-state index in [4.69, 9.17) is 4.74 Å². The Morgan fingerprint density at radius 1 is 1.21 bits per heavy atom. The fraction of sp³-hybridized carbons (Fsp3) is 0.200. The minimum atomic E-state index is -0.279. The number of hydrogen-bond donors (Lipinski definition) is 1. The van der Waals surface area contributed by atoms with E-state index in [2.05, 4.69) is 0 Å². The van der Waals surface area contributed by atoms with Crippen molar-refractivity contribution in [2.24, 2.45) is 0 Å². The van der Waals surface area contributed by atoms with Gasteiger partial charge in [0.25, 0.3) is 0 Å². The second kappa shape index (κ2) is 5.61. The Labute approximate surface area is 111 Å². The summed E-state index contributed by atoms with van der Waals surface area (Å²) in [4.78, 5) is 1.86. The van der Waals surface area contributed by atoms with Crippen LogP contribution in [0.2, 0.25) is 0 Å². The number of phenols is 1. The third-order valence-corrected chi connectivity index (χ3v) is 2.96. The van der Waals surface area contributed by atoms with Crippen molar-refractivity contribution >= 4 is 5.69 Å². The van der Waals surface area contributed by atoms with Gasteiger partial charge in [-0.15, -0.1) is 0 Å². The molecule has 0 saturated carbocycles. The highest BCUT2D eigenvalue weighted by molar-refractivity contribution is 5.50. The molecule has 0 amide bonds. The molecule has 0 spiro atoms. The second-order valence-corrected chi connectivity index (χ2v) is 4.30. The Morgan fingerprint density at radius 2 is 1.95 bits per heavy atom. The van der Waals surface area contributed by atoms with Crippen LogP contribution in [0.1, 0.15) is 5.56 Å². The molecule has 0 saturated heterocycles. The summed E-state index contributed by atoms with van der Waals surface area (Å²) >= 11 is 0. The third kappa shape index (κ3) is 2.96. The molecule has 4 heteroatoms. The molecule has 2 rings (SSSR count). The lowest BCUT2D eigenvalue weighted by molar-refractivity contribution is 0.370. The van der Waals surface area contributed by atoms with Crippen LogP contribution in [-0.4, -0.2) is 19.3 Å². The van der Waals surface area contributed by atoms with Crippen LogP contribution >= 0.6 is 0 Å². The molecule has 19 heavy (non-hydrogen) atoms. The minimum absolute atomic E-state index is 0.119. The van der Waals surface area contributed by atoms with Crippen LogP contribution in [0, 0.1) is 5.82 Å². The molecule has 0 aromatic heterocycles. The Balaban J connectivity index is 2.21. The topological polar surface area (TPSA) is 32.7 Å². The molecule has 0 aliphatic heterocycles. The summed E-state index contributed by atoms with van der Waals surface area (Å²) in [5, 5.41) is 10.0. The van der Waals surface area contributed by atoms with Crippen molar-refractivity contribution < 1.29 is 14.2 Å². The molecule has 0 bridgehead atoms. The second-order valence-electron chi connectivity index (χ2n) is 4.30. The number of nitrogens with zero attached hydrogens (tertiary/aromatic N) is 1. The van der Waals surface area contributed by atoms with Crippen molar-refractivity contribution in [2.45, 2.75) is 6.54 Å². The number of ether oxygens (including phenoxy) is 1. The van der Waals surface area contributed by atoms with E-state index in [1.54, 1.807) is 12.1 Å². The normalized spacial score (nSPS) is 10.3. The molecular weight excluding hydrogens is 245 g/mol. The molecule has 3 nitrogen and oxygen atoms in total. The fourth-order valence-corrected chi connectivity index (χ4v) is 1.92. The van der Waals surface area contributed by atoms with Gasteiger partial charge in [-0.1, -0.05) is 18.2 Å². The molecule has 100 valence electrons. The molecule has 0 aliphatic rings. The maximum Gasteiger partial charge on any atom is 0.162 e. The van der Waals surface area contributed by atoms with Crippen LogP contribution in [0.25, 0.3) is 0 Å². The van der Waals surface area contributed by atoms with E-state index in [9.17, 15) is 9.50 Å². The standard InChI is InChI=1S/C15H16FNO2/c1-17(13-7-4-6-12(16)9-13)10-11-5-3-8-14(19-2)15(11)18/h3-9,18H,10H2,1-2H3. The summed E-state index contributed by atoms with van der Waals surface area (Å²) in [5.74, 6) is 0.276. The highest BCUT2D eigenvalue weighted by Gasteiger charge is 2.10. The zero-order chi connectivity index (χ0) is 13.8. The Kier molecular flexibility index (Phi) is 3.90. The first-order chi connectivity index (χ1) is 9.11. The molecule has 2 aromatic rings. The number of rotatable bonds is 4. The molecule has 0 atom stereocenters. The maximum absolute atomic E-state index is 13.2. The first-order valence-electron chi connectivity index (χ1n) is 5.93. The van der Waals surface area contributed by atoms with Crippen molar-refractivity contribution in [3.8, 4) is 11.5 Å². The first-order valence-corrected chi connectivity index (χ1v) is 5.93. The van der Waals surface area contributed by atoms with Crippen molar-refractivity contribution in [2.75, 3.05) is 19.1 Å². The predicted octanol–water partition coefficient (Wildman–Crippen LogP) is 3.18. The van der Waals surface area contributed by atoms with Gasteiger partial charge in [-0.25, -0.2) is 4.39 Å². The van der Waals surface area contributed by atoms with Crippen molar-refractivity contribution in [1.29, 1.82) is 0 Å². The monoisotopic (exact) mass is 261 g/mol. The molecule has 2 aromatic carbocycles. The molecular formula is C15H16FNO2. The van der Waals surface area contributed by atoms with Gasteiger partial charge in [-0.05, 0) is 24.3 Å². The number of anilines is 1. The van der Waals surface area contributed by atoms with Gasteiger partial charge in [0.1, 0.15) is 5.82 Å².